The Morgan fingerprint density at radius 3 is 2.68 bits per heavy atom. The van der Waals surface area contributed by atoms with Gasteiger partial charge in [-0.05, 0) is 18.8 Å². The van der Waals surface area contributed by atoms with E-state index in [0.717, 1.165) is 18.8 Å². The molecule has 0 spiro atoms. The zero-order chi connectivity index (χ0) is 15.9. The summed E-state index contributed by atoms with van der Waals surface area (Å²) in [7, 11) is 0. The third kappa shape index (κ3) is 3.21. The van der Waals surface area contributed by atoms with E-state index in [0.29, 0.717) is 18.3 Å². The van der Waals surface area contributed by atoms with Crippen LogP contribution in [0.15, 0.2) is 6.07 Å². The summed E-state index contributed by atoms with van der Waals surface area (Å²) in [6.07, 6.45) is 2.71. The number of nitrogens with zero attached hydrogens (tertiary/aromatic N) is 3. The predicted molar refractivity (Wildman–Crippen MR) is 82.4 cm³/mol. The molecule has 6 nitrogen and oxygen atoms in total. The molecule has 0 radical (unpaired) electrons. The number of hydrogen-bond acceptors (Lipinski definition) is 5. The summed E-state index contributed by atoms with van der Waals surface area (Å²) >= 11 is 0. The number of anilines is 1. The van der Waals surface area contributed by atoms with E-state index >= 15 is 0 Å². The first-order valence-corrected chi connectivity index (χ1v) is 7.84. The van der Waals surface area contributed by atoms with Gasteiger partial charge in [-0.1, -0.05) is 20.8 Å². The lowest BCUT2D eigenvalue weighted by atomic mass is 9.92. The largest absolute Gasteiger partial charge is 0.475 e. The standard InChI is InChI=1S/C16H23N3O3/c1-16(2,3)12-8-13(18-14(17-12)15(20)21)19-6-7-22-11(9-19)10-4-5-10/h8,10-11H,4-7,9H2,1-3H3,(H,20,21). The fourth-order valence-corrected chi connectivity index (χ4v) is 2.71. The molecule has 6 heteroatoms. The SMILES string of the molecule is CC(C)(C)c1cc(N2CCOC(C3CC3)C2)nc(C(=O)O)n1. The minimum atomic E-state index is -1.08. The van der Waals surface area contributed by atoms with E-state index in [9.17, 15) is 9.90 Å². The summed E-state index contributed by atoms with van der Waals surface area (Å²) in [4.78, 5) is 21.9. The number of carbonyl (C=O) groups is 1. The van der Waals surface area contributed by atoms with Crippen molar-refractivity contribution in [3.05, 3.63) is 17.6 Å². The molecule has 1 unspecified atom stereocenters. The average Bonchev–Trinajstić information content (AvgIpc) is 3.30. The van der Waals surface area contributed by atoms with Crippen molar-refractivity contribution >= 4 is 11.8 Å². The molecule has 1 aromatic heterocycles. The molecule has 3 rings (SSSR count). The van der Waals surface area contributed by atoms with Crippen molar-refractivity contribution in [1.29, 1.82) is 0 Å². The number of carboxylic acid groups (broad SMARTS) is 1. The van der Waals surface area contributed by atoms with Crippen molar-refractivity contribution in [2.75, 3.05) is 24.6 Å². The van der Waals surface area contributed by atoms with Gasteiger partial charge < -0.3 is 14.7 Å². The predicted octanol–water partition coefficient (Wildman–Crippen LogP) is 2.09. The Morgan fingerprint density at radius 1 is 1.36 bits per heavy atom. The Hall–Kier alpha value is -1.69. The minimum absolute atomic E-state index is 0.128. The first-order valence-electron chi connectivity index (χ1n) is 7.84. The van der Waals surface area contributed by atoms with Gasteiger partial charge in [-0.2, -0.15) is 0 Å². The molecule has 120 valence electrons. The number of aromatic nitrogens is 2. The monoisotopic (exact) mass is 305 g/mol. The first-order chi connectivity index (χ1) is 10.3. The number of ether oxygens (including phenoxy) is 1. The molecule has 1 aromatic rings. The van der Waals surface area contributed by atoms with Crippen molar-refractivity contribution in [2.45, 2.75) is 45.1 Å². The lowest BCUT2D eigenvalue weighted by Crippen LogP contribution is -2.44. The van der Waals surface area contributed by atoms with Gasteiger partial charge >= 0.3 is 5.97 Å². The summed E-state index contributed by atoms with van der Waals surface area (Å²) in [5, 5.41) is 9.28. The van der Waals surface area contributed by atoms with Gasteiger partial charge in [-0.3, -0.25) is 0 Å². The Kier molecular flexibility index (Phi) is 3.80. The number of carboxylic acids is 1. The molecule has 22 heavy (non-hydrogen) atoms. The highest BCUT2D eigenvalue weighted by molar-refractivity contribution is 5.83. The third-order valence-electron chi connectivity index (χ3n) is 4.24. The maximum Gasteiger partial charge on any atom is 0.374 e. The fraction of sp³-hybridized carbons (Fsp3) is 0.688. The number of aromatic carboxylic acids is 1. The third-order valence-corrected chi connectivity index (χ3v) is 4.24. The molecule has 0 bridgehead atoms. The Balaban J connectivity index is 1.91. The van der Waals surface area contributed by atoms with E-state index < -0.39 is 5.97 Å². The summed E-state index contributed by atoms with van der Waals surface area (Å²) in [5.41, 5.74) is 0.536. The van der Waals surface area contributed by atoms with E-state index in [1.807, 2.05) is 26.8 Å². The van der Waals surface area contributed by atoms with Crippen LogP contribution in [0.2, 0.25) is 0 Å². The molecule has 2 aliphatic rings. The Labute approximate surface area is 130 Å². The molecule has 1 aliphatic heterocycles. The molecule has 1 aliphatic carbocycles. The highest BCUT2D eigenvalue weighted by Crippen LogP contribution is 2.36. The van der Waals surface area contributed by atoms with Gasteiger partial charge in [-0.25, -0.2) is 14.8 Å². The zero-order valence-electron chi connectivity index (χ0n) is 13.4. The van der Waals surface area contributed by atoms with Gasteiger partial charge in [-0.15, -0.1) is 0 Å². The number of hydrogen-bond donors (Lipinski definition) is 1. The summed E-state index contributed by atoms with van der Waals surface area (Å²) in [6, 6.07) is 1.92. The van der Waals surface area contributed by atoms with Crippen LogP contribution >= 0.6 is 0 Å². The van der Waals surface area contributed by atoms with Gasteiger partial charge in [0.15, 0.2) is 0 Å². The smallest absolute Gasteiger partial charge is 0.374 e. The van der Waals surface area contributed by atoms with Crippen LogP contribution in [0.1, 0.15) is 49.9 Å². The highest BCUT2D eigenvalue weighted by atomic mass is 16.5. The van der Waals surface area contributed by atoms with Crippen LogP contribution in [0.25, 0.3) is 0 Å². The quantitative estimate of drug-likeness (QED) is 0.921. The maximum atomic E-state index is 11.3. The van der Waals surface area contributed by atoms with Crippen LogP contribution in [-0.2, 0) is 10.2 Å². The van der Waals surface area contributed by atoms with E-state index in [-0.39, 0.29) is 17.3 Å². The van der Waals surface area contributed by atoms with Crippen LogP contribution in [-0.4, -0.2) is 46.8 Å². The van der Waals surface area contributed by atoms with Gasteiger partial charge in [0.25, 0.3) is 0 Å². The summed E-state index contributed by atoms with van der Waals surface area (Å²) in [5.74, 6) is 0.146. The van der Waals surface area contributed by atoms with Crippen LogP contribution in [0.3, 0.4) is 0 Å². The van der Waals surface area contributed by atoms with Crippen molar-refractivity contribution in [3.8, 4) is 0 Å². The molecule has 0 aromatic carbocycles. The molecule has 0 amide bonds. The molecule has 1 saturated heterocycles. The van der Waals surface area contributed by atoms with E-state index in [4.69, 9.17) is 4.74 Å². The van der Waals surface area contributed by atoms with E-state index in [2.05, 4.69) is 14.9 Å². The van der Waals surface area contributed by atoms with E-state index in [1.54, 1.807) is 0 Å². The van der Waals surface area contributed by atoms with Crippen LogP contribution < -0.4 is 4.90 Å². The second-order valence-corrected chi connectivity index (χ2v) is 7.18. The molecule has 1 atom stereocenters. The second kappa shape index (κ2) is 5.50. The lowest BCUT2D eigenvalue weighted by molar-refractivity contribution is 0.0261. The van der Waals surface area contributed by atoms with E-state index in [1.165, 1.54) is 12.8 Å². The molecular formula is C16H23N3O3. The molecular weight excluding hydrogens is 282 g/mol. The maximum absolute atomic E-state index is 11.3. The van der Waals surface area contributed by atoms with Crippen molar-refractivity contribution in [1.82, 2.24) is 9.97 Å². The van der Waals surface area contributed by atoms with Crippen molar-refractivity contribution < 1.29 is 14.6 Å². The molecule has 2 heterocycles. The number of rotatable bonds is 3. The van der Waals surface area contributed by atoms with Gasteiger partial charge in [0.2, 0.25) is 5.82 Å². The van der Waals surface area contributed by atoms with Crippen molar-refractivity contribution in [2.24, 2.45) is 5.92 Å². The second-order valence-electron chi connectivity index (χ2n) is 7.18. The van der Waals surface area contributed by atoms with Gasteiger partial charge in [0.1, 0.15) is 5.82 Å². The highest BCUT2D eigenvalue weighted by Gasteiger charge is 2.36. The van der Waals surface area contributed by atoms with Crippen LogP contribution in [0.4, 0.5) is 5.82 Å². The summed E-state index contributed by atoms with van der Waals surface area (Å²) < 4.78 is 5.83. The summed E-state index contributed by atoms with van der Waals surface area (Å²) in [6.45, 7) is 8.26. The molecule has 2 fully saturated rings. The number of morpholine rings is 1. The van der Waals surface area contributed by atoms with Crippen LogP contribution in [0, 0.1) is 5.92 Å². The topological polar surface area (TPSA) is 75.5 Å². The Bertz CT molecular complexity index is 578. The van der Waals surface area contributed by atoms with Gasteiger partial charge in [0, 0.05) is 24.6 Å². The average molecular weight is 305 g/mol. The normalized spacial score (nSPS) is 22.7. The van der Waals surface area contributed by atoms with Crippen LogP contribution in [0.5, 0.6) is 0 Å². The van der Waals surface area contributed by atoms with Gasteiger partial charge in [0.05, 0.1) is 18.4 Å². The Morgan fingerprint density at radius 2 is 2.09 bits per heavy atom. The zero-order valence-corrected chi connectivity index (χ0v) is 13.4. The molecule has 1 N–H and O–H groups in total. The fourth-order valence-electron chi connectivity index (χ4n) is 2.71. The minimum Gasteiger partial charge on any atom is -0.475 e. The van der Waals surface area contributed by atoms with Crippen molar-refractivity contribution in [3.63, 3.8) is 0 Å². The molecule has 1 saturated carbocycles. The lowest BCUT2D eigenvalue weighted by Gasteiger charge is -2.34. The first kappa shape index (κ1) is 15.2.